The van der Waals surface area contributed by atoms with Crippen LogP contribution in [-0.2, 0) is 11.2 Å². The van der Waals surface area contributed by atoms with Crippen LogP contribution in [0, 0.1) is 5.82 Å². The fourth-order valence-electron chi connectivity index (χ4n) is 4.26. The summed E-state index contributed by atoms with van der Waals surface area (Å²) < 4.78 is 13.2. The number of piperidine rings is 1. The average Bonchev–Trinajstić information content (AvgIpc) is 2.85. The van der Waals surface area contributed by atoms with Gasteiger partial charge in [0, 0.05) is 37.7 Å². The van der Waals surface area contributed by atoms with Crippen LogP contribution in [0.2, 0.25) is 0 Å². The van der Waals surface area contributed by atoms with Crippen molar-refractivity contribution in [1.29, 1.82) is 0 Å². The molecule has 0 saturated carbocycles. The summed E-state index contributed by atoms with van der Waals surface area (Å²) in [7, 11) is 0. The molecule has 32 heavy (non-hydrogen) atoms. The highest BCUT2D eigenvalue weighted by Gasteiger charge is 2.28. The Bertz CT molecular complexity index is 1000. The smallest absolute Gasteiger partial charge is 0.227 e. The third-order valence-electron chi connectivity index (χ3n) is 6.07. The first-order valence-electron chi connectivity index (χ1n) is 11.3. The standard InChI is InChI=1S/C26H29FN4O/c1-2-25(32)31(24-18-28-26(29-19-24)21-8-10-22(27)11-9-21)23-13-16-30(17-14-23)15-12-20-6-4-3-5-7-20/h3-11,18-19,23H,2,12-17H2,1H3. The number of anilines is 1. The van der Waals surface area contributed by atoms with Crippen LogP contribution in [0.15, 0.2) is 67.0 Å². The van der Waals surface area contributed by atoms with Gasteiger partial charge in [0.25, 0.3) is 0 Å². The minimum absolute atomic E-state index is 0.0888. The van der Waals surface area contributed by atoms with E-state index in [9.17, 15) is 9.18 Å². The monoisotopic (exact) mass is 432 g/mol. The Hall–Kier alpha value is -3.12. The Balaban J connectivity index is 1.40. The minimum atomic E-state index is -0.291. The van der Waals surface area contributed by atoms with Gasteiger partial charge in [0.2, 0.25) is 5.91 Å². The second-order valence-corrected chi connectivity index (χ2v) is 8.20. The molecule has 1 fully saturated rings. The molecule has 1 aliphatic rings. The number of amides is 1. The highest BCUT2D eigenvalue weighted by Crippen LogP contribution is 2.25. The van der Waals surface area contributed by atoms with Gasteiger partial charge in [-0.15, -0.1) is 0 Å². The lowest BCUT2D eigenvalue weighted by molar-refractivity contribution is -0.119. The molecule has 0 unspecified atom stereocenters. The predicted octanol–water partition coefficient (Wildman–Crippen LogP) is 4.73. The van der Waals surface area contributed by atoms with Gasteiger partial charge in [0.05, 0.1) is 18.1 Å². The molecule has 6 heteroatoms. The summed E-state index contributed by atoms with van der Waals surface area (Å²) in [5.41, 5.74) is 2.83. The average molecular weight is 433 g/mol. The summed E-state index contributed by atoms with van der Waals surface area (Å²) in [6.45, 7) is 4.87. The molecule has 4 rings (SSSR count). The number of benzene rings is 2. The van der Waals surface area contributed by atoms with Crippen LogP contribution >= 0.6 is 0 Å². The van der Waals surface area contributed by atoms with Crippen LogP contribution in [0.3, 0.4) is 0 Å². The molecule has 2 heterocycles. The molecule has 0 aliphatic carbocycles. The molecule has 3 aromatic rings. The molecule has 1 aliphatic heterocycles. The summed E-state index contributed by atoms with van der Waals surface area (Å²) in [6.07, 6.45) is 6.76. The number of rotatable bonds is 7. The van der Waals surface area contributed by atoms with Crippen molar-refractivity contribution in [2.24, 2.45) is 0 Å². The van der Waals surface area contributed by atoms with E-state index in [0.29, 0.717) is 12.2 Å². The number of likely N-dealkylation sites (tertiary alicyclic amines) is 1. The quantitative estimate of drug-likeness (QED) is 0.541. The lowest BCUT2D eigenvalue weighted by atomic mass is 10.0. The third-order valence-corrected chi connectivity index (χ3v) is 6.07. The fourth-order valence-corrected chi connectivity index (χ4v) is 4.26. The van der Waals surface area contributed by atoms with E-state index in [-0.39, 0.29) is 17.8 Å². The number of aromatic nitrogens is 2. The van der Waals surface area contributed by atoms with E-state index in [4.69, 9.17) is 0 Å². The lowest BCUT2D eigenvalue weighted by Gasteiger charge is -2.38. The normalized spacial score (nSPS) is 14.9. The van der Waals surface area contributed by atoms with E-state index in [1.165, 1.54) is 17.7 Å². The van der Waals surface area contributed by atoms with Crippen molar-refractivity contribution < 1.29 is 9.18 Å². The zero-order valence-electron chi connectivity index (χ0n) is 18.5. The molecule has 1 aromatic heterocycles. The van der Waals surface area contributed by atoms with Gasteiger partial charge in [0.1, 0.15) is 5.82 Å². The Labute approximate surface area is 188 Å². The third kappa shape index (κ3) is 5.37. The minimum Gasteiger partial charge on any atom is -0.306 e. The Morgan fingerprint density at radius 2 is 1.69 bits per heavy atom. The highest BCUT2D eigenvalue weighted by molar-refractivity contribution is 5.93. The molecule has 1 amide bonds. The molecule has 0 bridgehead atoms. The Morgan fingerprint density at radius 1 is 1.03 bits per heavy atom. The maximum atomic E-state index is 13.2. The van der Waals surface area contributed by atoms with Gasteiger partial charge in [-0.2, -0.15) is 0 Å². The van der Waals surface area contributed by atoms with Crippen LogP contribution in [-0.4, -0.2) is 46.5 Å². The molecule has 2 aromatic carbocycles. The molecule has 0 atom stereocenters. The molecule has 0 N–H and O–H groups in total. The molecule has 5 nitrogen and oxygen atoms in total. The van der Waals surface area contributed by atoms with Gasteiger partial charge in [-0.25, -0.2) is 14.4 Å². The number of hydrogen-bond acceptors (Lipinski definition) is 4. The van der Waals surface area contributed by atoms with Crippen LogP contribution in [0.1, 0.15) is 31.7 Å². The Morgan fingerprint density at radius 3 is 2.31 bits per heavy atom. The number of carbonyl (C=O) groups excluding carboxylic acids is 1. The summed E-state index contributed by atoms with van der Waals surface area (Å²) >= 11 is 0. The molecular weight excluding hydrogens is 403 g/mol. The van der Waals surface area contributed by atoms with Crippen LogP contribution in [0.4, 0.5) is 10.1 Å². The molecule has 1 saturated heterocycles. The van der Waals surface area contributed by atoms with Gasteiger partial charge in [-0.3, -0.25) is 4.79 Å². The molecule has 0 spiro atoms. The second-order valence-electron chi connectivity index (χ2n) is 8.20. The summed E-state index contributed by atoms with van der Waals surface area (Å²) in [4.78, 5) is 26.1. The highest BCUT2D eigenvalue weighted by atomic mass is 19.1. The van der Waals surface area contributed by atoms with Gasteiger partial charge < -0.3 is 9.80 Å². The van der Waals surface area contributed by atoms with E-state index in [1.807, 2.05) is 17.9 Å². The van der Waals surface area contributed by atoms with Crippen LogP contribution in [0.25, 0.3) is 11.4 Å². The molecular formula is C26H29FN4O. The van der Waals surface area contributed by atoms with Crippen molar-refractivity contribution in [1.82, 2.24) is 14.9 Å². The Kier molecular flexibility index (Phi) is 7.22. The first-order chi connectivity index (χ1) is 15.6. The summed E-state index contributed by atoms with van der Waals surface area (Å²) in [5.74, 6) is 0.319. The van der Waals surface area contributed by atoms with Gasteiger partial charge >= 0.3 is 0 Å². The van der Waals surface area contributed by atoms with Gasteiger partial charge in [-0.05, 0) is 49.1 Å². The number of nitrogens with zero attached hydrogens (tertiary/aromatic N) is 4. The van der Waals surface area contributed by atoms with Crippen molar-refractivity contribution in [3.8, 4) is 11.4 Å². The van der Waals surface area contributed by atoms with Crippen LogP contribution in [0.5, 0.6) is 0 Å². The van der Waals surface area contributed by atoms with E-state index in [1.54, 1.807) is 24.5 Å². The van der Waals surface area contributed by atoms with E-state index in [0.717, 1.165) is 50.1 Å². The van der Waals surface area contributed by atoms with E-state index in [2.05, 4.69) is 39.1 Å². The fraction of sp³-hybridized carbons (Fsp3) is 0.346. The van der Waals surface area contributed by atoms with Crippen molar-refractivity contribution >= 4 is 11.6 Å². The maximum absolute atomic E-state index is 13.2. The van der Waals surface area contributed by atoms with Gasteiger partial charge in [-0.1, -0.05) is 37.3 Å². The zero-order chi connectivity index (χ0) is 22.3. The second kappa shape index (κ2) is 10.5. The number of hydrogen-bond donors (Lipinski definition) is 0. The van der Waals surface area contributed by atoms with E-state index >= 15 is 0 Å². The van der Waals surface area contributed by atoms with Crippen molar-refractivity contribution in [3.63, 3.8) is 0 Å². The van der Waals surface area contributed by atoms with E-state index < -0.39 is 0 Å². The van der Waals surface area contributed by atoms with Crippen molar-refractivity contribution in [2.75, 3.05) is 24.5 Å². The first-order valence-corrected chi connectivity index (χ1v) is 11.3. The van der Waals surface area contributed by atoms with Crippen molar-refractivity contribution in [3.05, 3.63) is 78.4 Å². The number of halogens is 1. The summed E-state index contributed by atoms with van der Waals surface area (Å²) in [5, 5.41) is 0. The zero-order valence-corrected chi connectivity index (χ0v) is 18.5. The topological polar surface area (TPSA) is 49.3 Å². The first kappa shape index (κ1) is 22.1. The summed E-state index contributed by atoms with van der Waals surface area (Å²) in [6, 6.07) is 16.8. The molecule has 166 valence electrons. The van der Waals surface area contributed by atoms with Crippen LogP contribution < -0.4 is 4.90 Å². The van der Waals surface area contributed by atoms with Gasteiger partial charge in [0.15, 0.2) is 5.82 Å². The lowest BCUT2D eigenvalue weighted by Crippen LogP contribution is -2.48. The maximum Gasteiger partial charge on any atom is 0.227 e. The molecule has 0 radical (unpaired) electrons. The van der Waals surface area contributed by atoms with Crippen molar-refractivity contribution in [2.45, 2.75) is 38.6 Å². The largest absolute Gasteiger partial charge is 0.306 e. The SMILES string of the molecule is CCC(=O)N(c1cnc(-c2ccc(F)cc2)nc1)C1CCN(CCc2ccccc2)CC1. The number of carbonyl (C=O) groups is 1. The predicted molar refractivity (Wildman–Crippen MR) is 125 cm³/mol.